The molecule has 4 atom stereocenters. The third-order valence-electron chi connectivity index (χ3n) is 10.2. The van der Waals surface area contributed by atoms with E-state index in [1.807, 2.05) is 65.8 Å². The molecule has 2 aliphatic rings. The van der Waals surface area contributed by atoms with Gasteiger partial charge in [0.1, 0.15) is 23.8 Å². The van der Waals surface area contributed by atoms with Crippen LogP contribution < -0.4 is 16.0 Å². The topological polar surface area (TPSA) is 171 Å². The Balaban J connectivity index is 0.00000214. The number of benzene rings is 1. The molecule has 57 heavy (non-hydrogen) atoms. The molecule has 2 unspecified atom stereocenters. The van der Waals surface area contributed by atoms with Crippen LogP contribution in [0, 0.1) is 18.3 Å². The monoisotopic (exact) mass is 792 g/mol. The zero-order valence-corrected chi connectivity index (χ0v) is 36.2. The maximum atomic E-state index is 14.4. The number of nitrogens with zero attached hydrogens (tertiary/aromatic N) is 4. The number of hydrogen-bond acceptors (Lipinski definition) is 8. The van der Waals surface area contributed by atoms with E-state index in [0.29, 0.717) is 19.4 Å². The summed E-state index contributed by atoms with van der Waals surface area (Å²) >= 11 is 0. The quantitative estimate of drug-likeness (QED) is 0.198. The van der Waals surface area contributed by atoms with Crippen molar-refractivity contribution in [2.24, 2.45) is 11.3 Å². The molecule has 5 amide bonds. The fourth-order valence-corrected chi connectivity index (χ4v) is 7.23. The maximum Gasteiger partial charge on any atom is 0.289 e. The zero-order chi connectivity index (χ0) is 42.7. The molecule has 3 N–H and O–H groups in total. The fourth-order valence-electron chi connectivity index (χ4n) is 7.23. The van der Waals surface area contributed by atoms with Gasteiger partial charge < -0.3 is 25.8 Å². The third kappa shape index (κ3) is 14.0. The average Bonchev–Trinajstić information content (AvgIpc) is 3.71. The Morgan fingerprint density at radius 3 is 2.05 bits per heavy atom. The van der Waals surface area contributed by atoms with E-state index in [1.165, 1.54) is 34.8 Å². The first kappa shape index (κ1) is 48.5. The molecule has 2 aromatic rings. The van der Waals surface area contributed by atoms with Gasteiger partial charge in [0.05, 0.1) is 12.2 Å². The molecule has 2 heterocycles. The van der Waals surface area contributed by atoms with Gasteiger partial charge in [0.15, 0.2) is 0 Å². The molecule has 316 valence electrons. The lowest BCUT2D eigenvalue weighted by molar-refractivity contribution is -0.151. The van der Waals surface area contributed by atoms with Crippen molar-refractivity contribution >= 4 is 35.3 Å². The van der Waals surface area contributed by atoms with Crippen molar-refractivity contribution in [1.82, 2.24) is 35.7 Å². The van der Waals surface area contributed by atoms with Crippen LogP contribution in [0.25, 0.3) is 0 Å². The Bertz CT molecular complexity index is 1590. The number of likely N-dealkylation sites (tertiary alicyclic amines) is 1. The molecule has 1 saturated heterocycles. The normalized spacial score (nSPS) is 16.9. The number of ketones is 1. The minimum absolute atomic E-state index is 0.0890. The summed E-state index contributed by atoms with van der Waals surface area (Å²) in [5.74, 6) is -3.41. The predicted molar refractivity (Wildman–Crippen MR) is 223 cm³/mol. The van der Waals surface area contributed by atoms with Crippen molar-refractivity contribution in [2.75, 3.05) is 13.1 Å². The third-order valence-corrected chi connectivity index (χ3v) is 10.2. The van der Waals surface area contributed by atoms with Crippen molar-refractivity contribution in [3.63, 3.8) is 0 Å². The molecule has 1 aromatic heterocycles. The van der Waals surface area contributed by atoms with Gasteiger partial charge in [0.25, 0.3) is 11.8 Å². The molecule has 2 fully saturated rings. The van der Waals surface area contributed by atoms with Gasteiger partial charge in [-0.2, -0.15) is 0 Å². The lowest BCUT2D eigenvalue weighted by Gasteiger charge is -2.39. The van der Waals surface area contributed by atoms with Gasteiger partial charge in [-0.15, -0.1) is 0 Å². The van der Waals surface area contributed by atoms with E-state index in [9.17, 15) is 28.8 Å². The smallest absolute Gasteiger partial charge is 0.289 e. The molecule has 1 aliphatic heterocycles. The molecule has 13 heteroatoms. The molecular formula is C44H69N7O6. The number of carbonyl (C=O) groups excluding carboxylic acids is 6. The van der Waals surface area contributed by atoms with E-state index in [2.05, 4.69) is 39.8 Å². The largest absolute Gasteiger partial charge is 0.345 e. The van der Waals surface area contributed by atoms with Crippen LogP contribution in [0.15, 0.2) is 42.9 Å². The van der Waals surface area contributed by atoms with Gasteiger partial charge in [-0.1, -0.05) is 111 Å². The van der Waals surface area contributed by atoms with Crippen LogP contribution in [-0.4, -0.2) is 92.3 Å². The summed E-state index contributed by atoms with van der Waals surface area (Å²) in [7, 11) is 0. The second-order valence-electron chi connectivity index (χ2n) is 15.7. The molecule has 13 nitrogen and oxygen atoms in total. The SMILES string of the molecule is CC.CCC.CC[C@@H](C(=O)C(=O)NCc1ccc(C)cc1)N(CC)C(=O)C1CCCN1C(=O)C(NC(=O)[C@@H](NC(=O)c1cnccn1)C1CCCCC1)C(C)(C)C. The standard InChI is InChI=1S/C39H55N7O6.C3H8.C2H6/c1-7-29(32(47)36(50)42-23-26-18-16-25(3)17-19-26)45(8-2)37(51)30-15-12-22-46(30)38(52)33(39(4,5)6)44-35(49)31(27-13-10-9-11-14-27)43-34(48)28-24-40-20-21-41-28;1-3-2;1-2/h16-21,24,27,29-31,33H,7-15,22-23H2,1-6H3,(H,42,50)(H,43,48)(H,44,49);3H2,1-2H3;1-2H3/t29-,30?,31-,33?;;/m0../s1. The molecular weight excluding hydrogens is 723 g/mol. The van der Waals surface area contributed by atoms with E-state index < -0.39 is 64.9 Å². The number of likely N-dealkylation sites (N-methyl/N-ethyl adjacent to an activating group) is 1. The van der Waals surface area contributed by atoms with Crippen LogP contribution in [-0.2, 0) is 30.5 Å². The van der Waals surface area contributed by atoms with Gasteiger partial charge >= 0.3 is 0 Å². The van der Waals surface area contributed by atoms with E-state index >= 15 is 0 Å². The Labute approximate surface area is 340 Å². The van der Waals surface area contributed by atoms with Crippen molar-refractivity contribution in [3.05, 3.63) is 59.7 Å². The summed E-state index contributed by atoms with van der Waals surface area (Å²) < 4.78 is 0. The van der Waals surface area contributed by atoms with Crippen LogP contribution in [0.1, 0.15) is 142 Å². The predicted octanol–water partition coefficient (Wildman–Crippen LogP) is 5.94. The van der Waals surface area contributed by atoms with E-state index in [-0.39, 0.29) is 31.1 Å². The van der Waals surface area contributed by atoms with E-state index in [4.69, 9.17) is 0 Å². The highest BCUT2D eigenvalue weighted by molar-refractivity contribution is 6.38. The lowest BCUT2D eigenvalue weighted by Crippen LogP contribution is -2.62. The Morgan fingerprint density at radius 2 is 1.51 bits per heavy atom. The second kappa shape index (κ2) is 24.2. The highest BCUT2D eigenvalue weighted by Gasteiger charge is 2.45. The van der Waals surface area contributed by atoms with Crippen LogP contribution in [0.5, 0.6) is 0 Å². The Kier molecular flexibility index (Phi) is 20.6. The van der Waals surface area contributed by atoms with Crippen LogP contribution in [0.2, 0.25) is 0 Å². The molecule has 0 spiro atoms. The summed E-state index contributed by atoms with van der Waals surface area (Å²) in [5, 5.41) is 8.53. The Hall–Kier alpha value is -4.68. The van der Waals surface area contributed by atoms with Crippen LogP contribution in [0.4, 0.5) is 0 Å². The highest BCUT2D eigenvalue weighted by atomic mass is 16.2. The van der Waals surface area contributed by atoms with Gasteiger partial charge in [0.2, 0.25) is 23.5 Å². The molecule has 0 radical (unpaired) electrons. The average molecular weight is 792 g/mol. The molecule has 4 rings (SSSR count). The number of carbonyl (C=O) groups is 6. The summed E-state index contributed by atoms with van der Waals surface area (Å²) in [5.41, 5.74) is 1.26. The highest BCUT2D eigenvalue weighted by Crippen LogP contribution is 2.30. The van der Waals surface area contributed by atoms with Crippen molar-refractivity contribution in [2.45, 2.75) is 158 Å². The number of nitrogens with one attached hydrogen (secondary N) is 3. The number of amides is 5. The molecule has 1 aromatic carbocycles. The molecule has 0 bridgehead atoms. The minimum atomic E-state index is -1.01. The van der Waals surface area contributed by atoms with Crippen molar-refractivity contribution in [3.8, 4) is 0 Å². The van der Waals surface area contributed by atoms with Crippen LogP contribution >= 0.6 is 0 Å². The summed E-state index contributed by atoms with van der Waals surface area (Å²) in [6.07, 6.45) is 11.0. The second-order valence-corrected chi connectivity index (χ2v) is 15.7. The zero-order valence-electron chi connectivity index (χ0n) is 36.2. The van der Waals surface area contributed by atoms with Crippen molar-refractivity contribution < 1.29 is 28.8 Å². The first-order valence-electron chi connectivity index (χ1n) is 21.0. The molecule has 1 aliphatic carbocycles. The maximum absolute atomic E-state index is 14.4. The lowest BCUT2D eigenvalue weighted by atomic mass is 9.82. The minimum Gasteiger partial charge on any atom is -0.345 e. The van der Waals surface area contributed by atoms with Gasteiger partial charge in [-0.05, 0) is 62.8 Å². The van der Waals surface area contributed by atoms with E-state index in [0.717, 1.165) is 43.2 Å². The number of Topliss-reactive ketones (excluding diaryl/α,β-unsaturated/α-hetero) is 1. The van der Waals surface area contributed by atoms with Gasteiger partial charge in [0, 0.05) is 32.0 Å². The summed E-state index contributed by atoms with van der Waals surface area (Å²) in [6, 6.07) is 3.84. The number of hydrogen-bond donors (Lipinski definition) is 3. The Morgan fingerprint density at radius 1 is 0.877 bits per heavy atom. The fraction of sp³-hybridized carbons (Fsp3) is 0.636. The number of aromatic nitrogens is 2. The summed E-state index contributed by atoms with van der Waals surface area (Å²) in [4.78, 5) is 93.3. The molecule has 1 saturated carbocycles. The number of aryl methyl sites for hydroxylation is 1. The summed E-state index contributed by atoms with van der Waals surface area (Å²) in [6.45, 7) is 19.9. The first-order chi connectivity index (χ1) is 27.2. The van der Waals surface area contributed by atoms with E-state index in [1.54, 1.807) is 13.8 Å². The van der Waals surface area contributed by atoms with Crippen LogP contribution in [0.3, 0.4) is 0 Å². The number of rotatable bonds is 14. The van der Waals surface area contributed by atoms with Crippen molar-refractivity contribution in [1.29, 1.82) is 0 Å². The van der Waals surface area contributed by atoms with Gasteiger partial charge in [-0.25, -0.2) is 4.98 Å². The van der Waals surface area contributed by atoms with Gasteiger partial charge in [-0.3, -0.25) is 33.8 Å². The first-order valence-corrected chi connectivity index (χ1v) is 21.0.